The Balaban J connectivity index is 2.09. The molecule has 110 valence electrons. The van der Waals surface area contributed by atoms with Crippen molar-refractivity contribution in [3.63, 3.8) is 0 Å². The maximum atomic E-state index is 13.3. The zero-order chi connectivity index (χ0) is 15.4. The highest BCUT2D eigenvalue weighted by Gasteiger charge is 2.11. The van der Waals surface area contributed by atoms with Crippen LogP contribution in [0.4, 0.5) is 20.2 Å². The molecule has 0 aliphatic rings. The fourth-order valence-corrected chi connectivity index (χ4v) is 2.12. The third-order valence-corrected chi connectivity index (χ3v) is 2.94. The Bertz CT molecular complexity index is 662. The summed E-state index contributed by atoms with van der Waals surface area (Å²) in [6.45, 7) is 1.83. The van der Waals surface area contributed by atoms with Crippen LogP contribution in [0.5, 0.6) is 0 Å². The normalized spacial score (nSPS) is 12.0. The topological polar surface area (TPSA) is 55.2 Å². The number of anilines is 1. The molecule has 0 aliphatic heterocycles. The first-order chi connectivity index (χ1) is 9.94. The lowest BCUT2D eigenvalue weighted by Gasteiger charge is -2.15. The second-order valence-electron chi connectivity index (χ2n) is 4.83. The lowest BCUT2D eigenvalue weighted by molar-refractivity contribution is -0.385. The summed E-state index contributed by atoms with van der Waals surface area (Å²) in [6, 6.07) is 9.37. The summed E-state index contributed by atoms with van der Waals surface area (Å²) in [7, 11) is 0. The SMILES string of the molecule is CC(Cc1cccc(F)c1)Nc1cc(F)cc([N+](=O)[O-])c1. The van der Waals surface area contributed by atoms with E-state index in [1.54, 1.807) is 12.1 Å². The van der Waals surface area contributed by atoms with Gasteiger partial charge in [-0.2, -0.15) is 0 Å². The van der Waals surface area contributed by atoms with E-state index in [-0.39, 0.29) is 17.5 Å². The van der Waals surface area contributed by atoms with Crippen molar-refractivity contribution in [1.29, 1.82) is 0 Å². The molecule has 0 spiro atoms. The highest BCUT2D eigenvalue weighted by molar-refractivity contribution is 5.52. The minimum absolute atomic E-state index is 0.131. The molecule has 0 fully saturated rings. The maximum absolute atomic E-state index is 13.3. The molecule has 2 rings (SSSR count). The third kappa shape index (κ3) is 4.24. The maximum Gasteiger partial charge on any atom is 0.274 e. The number of nitrogens with one attached hydrogen (secondary N) is 1. The van der Waals surface area contributed by atoms with Crippen LogP contribution in [-0.4, -0.2) is 11.0 Å². The van der Waals surface area contributed by atoms with Gasteiger partial charge < -0.3 is 5.32 Å². The summed E-state index contributed by atoms with van der Waals surface area (Å²) < 4.78 is 26.4. The van der Waals surface area contributed by atoms with Gasteiger partial charge >= 0.3 is 0 Å². The van der Waals surface area contributed by atoms with E-state index in [4.69, 9.17) is 0 Å². The van der Waals surface area contributed by atoms with Gasteiger partial charge in [0.2, 0.25) is 0 Å². The minimum atomic E-state index is -0.676. The van der Waals surface area contributed by atoms with Gasteiger partial charge in [0.15, 0.2) is 0 Å². The van der Waals surface area contributed by atoms with Crippen LogP contribution in [0.2, 0.25) is 0 Å². The van der Waals surface area contributed by atoms with Gasteiger partial charge in [0.1, 0.15) is 11.6 Å². The number of nitrogens with zero attached hydrogens (tertiary/aromatic N) is 1. The number of halogens is 2. The molecule has 21 heavy (non-hydrogen) atoms. The molecule has 2 aromatic carbocycles. The van der Waals surface area contributed by atoms with Gasteiger partial charge in [0.25, 0.3) is 5.69 Å². The summed E-state index contributed by atoms with van der Waals surface area (Å²) in [5.41, 5.74) is 0.807. The van der Waals surface area contributed by atoms with Crippen LogP contribution in [0.25, 0.3) is 0 Å². The zero-order valence-corrected chi connectivity index (χ0v) is 11.3. The summed E-state index contributed by atoms with van der Waals surface area (Å²) in [6.07, 6.45) is 0.516. The molecule has 1 unspecified atom stereocenters. The molecule has 0 amide bonds. The van der Waals surface area contributed by atoms with Gasteiger partial charge in [-0.15, -0.1) is 0 Å². The molecular weight excluding hydrogens is 278 g/mol. The van der Waals surface area contributed by atoms with Crippen molar-refractivity contribution in [3.05, 3.63) is 69.8 Å². The molecule has 6 heteroatoms. The molecule has 0 radical (unpaired) electrons. The van der Waals surface area contributed by atoms with Crippen LogP contribution in [0.3, 0.4) is 0 Å². The van der Waals surface area contributed by atoms with E-state index in [9.17, 15) is 18.9 Å². The molecule has 1 N–H and O–H groups in total. The van der Waals surface area contributed by atoms with E-state index < -0.39 is 10.7 Å². The smallest absolute Gasteiger partial charge is 0.274 e. The highest BCUT2D eigenvalue weighted by atomic mass is 19.1. The second-order valence-corrected chi connectivity index (χ2v) is 4.83. The minimum Gasteiger partial charge on any atom is -0.382 e. The molecule has 2 aromatic rings. The third-order valence-electron chi connectivity index (χ3n) is 2.94. The lowest BCUT2D eigenvalue weighted by Crippen LogP contribution is -2.18. The number of nitro benzene ring substituents is 1. The Kier molecular flexibility index (Phi) is 4.47. The molecule has 0 heterocycles. The number of nitro groups is 1. The van der Waals surface area contributed by atoms with Gasteiger partial charge in [-0.3, -0.25) is 10.1 Å². The van der Waals surface area contributed by atoms with E-state index in [1.165, 1.54) is 24.3 Å². The Labute approximate surface area is 120 Å². The molecule has 4 nitrogen and oxygen atoms in total. The average molecular weight is 292 g/mol. The number of hydrogen-bond donors (Lipinski definition) is 1. The molecule has 0 aromatic heterocycles. The van der Waals surface area contributed by atoms with Gasteiger partial charge in [-0.05, 0) is 37.1 Å². The molecule has 0 bridgehead atoms. The van der Waals surface area contributed by atoms with E-state index in [2.05, 4.69) is 5.32 Å². The van der Waals surface area contributed by atoms with Gasteiger partial charge in [0, 0.05) is 17.8 Å². The predicted molar refractivity (Wildman–Crippen MR) is 76.2 cm³/mol. The van der Waals surface area contributed by atoms with E-state index in [0.717, 1.165) is 11.6 Å². The fourth-order valence-electron chi connectivity index (χ4n) is 2.12. The summed E-state index contributed by atoms with van der Waals surface area (Å²) in [5.74, 6) is -0.995. The van der Waals surface area contributed by atoms with Crippen LogP contribution in [0, 0.1) is 21.7 Å². The Morgan fingerprint density at radius 3 is 2.62 bits per heavy atom. The Morgan fingerprint density at radius 2 is 1.95 bits per heavy atom. The standard InChI is InChI=1S/C15H14F2N2O2/c1-10(5-11-3-2-4-12(16)6-11)18-14-7-13(17)8-15(9-14)19(20)21/h2-4,6-10,18H,5H2,1H3. The first-order valence-corrected chi connectivity index (χ1v) is 6.40. The highest BCUT2D eigenvalue weighted by Crippen LogP contribution is 2.21. The van der Waals surface area contributed by atoms with Crippen LogP contribution in [0.1, 0.15) is 12.5 Å². The summed E-state index contributed by atoms with van der Waals surface area (Å²) >= 11 is 0. The number of rotatable bonds is 5. The molecule has 0 aliphatic carbocycles. The Hall–Kier alpha value is -2.50. The monoisotopic (exact) mass is 292 g/mol. The van der Waals surface area contributed by atoms with Gasteiger partial charge in [-0.25, -0.2) is 8.78 Å². The van der Waals surface area contributed by atoms with E-state index in [1.807, 2.05) is 6.92 Å². The van der Waals surface area contributed by atoms with Gasteiger partial charge in [0.05, 0.1) is 11.0 Å². The van der Waals surface area contributed by atoms with Gasteiger partial charge in [-0.1, -0.05) is 12.1 Å². The number of non-ortho nitro benzene ring substituents is 1. The van der Waals surface area contributed by atoms with Crippen LogP contribution < -0.4 is 5.32 Å². The number of hydrogen-bond acceptors (Lipinski definition) is 3. The van der Waals surface area contributed by atoms with Crippen LogP contribution >= 0.6 is 0 Å². The largest absolute Gasteiger partial charge is 0.382 e. The van der Waals surface area contributed by atoms with E-state index >= 15 is 0 Å². The molecule has 0 saturated heterocycles. The molecule has 0 saturated carbocycles. The van der Waals surface area contributed by atoms with Crippen molar-refractivity contribution >= 4 is 11.4 Å². The lowest BCUT2D eigenvalue weighted by atomic mass is 10.1. The van der Waals surface area contributed by atoms with Crippen molar-refractivity contribution < 1.29 is 13.7 Å². The van der Waals surface area contributed by atoms with Crippen molar-refractivity contribution in [1.82, 2.24) is 0 Å². The van der Waals surface area contributed by atoms with Crippen molar-refractivity contribution in [2.24, 2.45) is 0 Å². The number of benzene rings is 2. The average Bonchev–Trinajstić information content (AvgIpc) is 2.37. The zero-order valence-electron chi connectivity index (χ0n) is 11.3. The fraction of sp³-hybridized carbons (Fsp3) is 0.200. The summed E-state index contributed by atoms with van der Waals surface area (Å²) in [5, 5.41) is 13.7. The van der Waals surface area contributed by atoms with Crippen LogP contribution in [-0.2, 0) is 6.42 Å². The second kappa shape index (κ2) is 6.30. The first-order valence-electron chi connectivity index (χ1n) is 6.40. The molecule has 1 atom stereocenters. The van der Waals surface area contributed by atoms with Crippen LogP contribution in [0.15, 0.2) is 42.5 Å². The first kappa shape index (κ1) is 14.9. The Morgan fingerprint density at radius 1 is 1.19 bits per heavy atom. The molecular formula is C15H14F2N2O2. The summed E-state index contributed by atoms with van der Waals surface area (Å²) in [4.78, 5) is 10.0. The predicted octanol–water partition coefficient (Wildman–Crippen LogP) is 3.92. The van der Waals surface area contributed by atoms with Crippen molar-refractivity contribution in [2.75, 3.05) is 5.32 Å². The van der Waals surface area contributed by atoms with E-state index in [0.29, 0.717) is 12.1 Å². The van der Waals surface area contributed by atoms with Crippen molar-refractivity contribution in [3.8, 4) is 0 Å². The quantitative estimate of drug-likeness (QED) is 0.671. The van der Waals surface area contributed by atoms with Crippen molar-refractivity contribution in [2.45, 2.75) is 19.4 Å².